The predicted octanol–water partition coefficient (Wildman–Crippen LogP) is 3.01. The number of aryl methyl sites for hydroxylation is 1. The Labute approximate surface area is 133 Å². The van der Waals surface area contributed by atoms with E-state index in [-0.39, 0.29) is 11.5 Å². The zero-order valence-corrected chi connectivity index (χ0v) is 12.8. The summed E-state index contributed by atoms with van der Waals surface area (Å²) in [6.45, 7) is 3.44. The molecule has 3 rings (SSSR count). The normalized spacial score (nSPS) is 10.8. The molecule has 2 aromatic heterocycles. The van der Waals surface area contributed by atoms with Gasteiger partial charge in [-0.25, -0.2) is 9.97 Å². The first-order valence-corrected chi connectivity index (χ1v) is 7.48. The van der Waals surface area contributed by atoms with Crippen LogP contribution in [0.25, 0.3) is 11.0 Å². The van der Waals surface area contributed by atoms with E-state index in [4.69, 9.17) is 0 Å². The summed E-state index contributed by atoms with van der Waals surface area (Å²) in [5, 5.41) is 14.0. The van der Waals surface area contributed by atoms with E-state index in [0.29, 0.717) is 13.0 Å². The van der Waals surface area contributed by atoms with Gasteiger partial charge >= 0.3 is 5.69 Å². The highest BCUT2D eigenvalue weighted by atomic mass is 16.6. The zero-order chi connectivity index (χ0) is 16.2. The molecule has 0 amide bonds. The number of fused-ring (bicyclic) bond motifs is 1. The Morgan fingerprint density at radius 2 is 2.09 bits per heavy atom. The molecule has 0 saturated carbocycles. The Balaban J connectivity index is 1.76. The van der Waals surface area contributed by atoms with Crippen LogP contribution in [0.2, 0.25) is 0 Å². The van der Waals surface area contributed by atoms with Gasteiger partial charge in [-0.3, -0.25) is 10.1 Å². The summed E-state index contributed by atoms with van der Waals surface area (Å²) >= 11 is 0. The smallest absolute Gasteiger partial charge is 0.311 e. The molecular weight excluding hydrogens is 294 g/mol. The van der Waals surface area contributed by atoms with Gasteiger partial charge in [0.05, 0.1) is 16.0 Å². The van der Waals surface area contributed by atoms with Gasteiger partial charge < -0.3 is 9.88 Å². The second-order valence-corrected chi connectivity index (χ2v) is 5.07. The maximum absolute atomic E-state index is 11.0. The fourth-order valence-electron chi connectivity index (χ4n) is 2.64. The van der Waals surface area contributed by atoms with Gasteiger partial charge in [0.15, 0.2) is 0 Å². The van der Waals surface area contributed by atoms with E-state index in [0.717, 1.165) is 23.4 Å². The van der Waals surface area contributed by atoms with Crippen molar-refractivity contribution in [2.24, 2.45) is 0 Å². The number of nitrogens with one attached hydrogen (secondary N) is 1. The van der Waals surface area contributed by atoms with Crippen LogP contribution in [0.3, 0.4) is 0 Å². The van der Waals surface area contributed by atoms with Crippen molar-refractivity contribution >= 4 is 22.5 Å². The Morgan fingerprint density at radius 3 is 2.87 bits per heavy atom. The molecule has 2 heterocycles. The number of rotatable bonds is 6. The SMILES string of the molecule is CCn1c(CCNc2ncccc2[N+](=O)[O-])nc2ccccc21. The molecule has 0 radical (unpaired) electrons. The fourth-order valence-corrected chi connectivity index (χ4v) is 2.64. The number of hydrogen-bond acceptors (Lipinski definition) is 5. The molecule has 0 fully saturated rings. The van der Waals surface area contributed by atoms with Crippen LogP contribution in [0.15, 0.2) is 42.6 Å². The Morgan fingerprint density at radius 1 is 1.26 bits per heavy atom. The molecule has 118 valence electrons. The lowest BCUT2D eigenvalue weighted by molar-refractivity contribution is -0.384. The molecule has 0 spiro atoms. The number of nitro groups is 1. The standard InChI is InChI=1S/C16H17N5O2/c1-2-20-13-7-4-3-6-12(13)19-15(20)9-11-18-16-14(21(22)23)8-5-10-17-16/h3-8,10H,2,9,11H2,1H3,(H,17,18). The average molecular weight is 311 g/mol. The van der Waals surface area contributed by atoms with Crippen LogP contribution in [0.5, 0.6) is 0 Å². The first-order valence-electron chi connectivity index (χ1n) is 7.48. The van der Waals surface area contributed by atoms with Crippen LogP contribution in [-0.2, 0) is 13.0 Å². The van der Waals surface area contributed by atoms with Crippen molar-refractivity contribution < 1.29 is 4.92 Å². The summed E-state index contributed by atoms with van der Waals surface area (Å²) in [4.78, 5) is 19.2. The lowest BCUT2D eigenvalue weighted by Crippen LogP contribution is -2.11. The number of hydrogen-bond donors (Lipinski definition) is 1. The number of aromatic nitrogens is 3. The summed E-state index contributed by atoms with van der Waals surface area (Å²) in [6, 6.07) is 11.0. The number of imidazole rings is 1. The number of nitrogens with zero attached hydrogens (tertiary/aromatic N) is 4. The summed E-state index contributed by atoms with van der Waals surface area (Å²) < 4.78 is 2.16. The van der Waals surface area contributed by atoms with Gasteiger partial charge in [-0.15, -0.1) is 0 Å². The highest BCUT2D eigenvalue weighted by Crippen LogP contribution is 2.20. The molecule has 0 bridgehead atoms. The van der Waals surface area contributed by atoms with E-state index >= 15 is 0 Å². The van der Waals surface area contributed by atoms with Gasteiger partial charge in [-0.05, 0) is 25.1 Å². The van der Waals surface area contributed by atoms with E-state index in [2.05, 4.69) is 26.8 Å². The van der Waals surface area contributed by atoms with Crippen molar-refractivity contribution in [3.63, 3.8) is 0 Å². The van der Waals surface area contributed by atoms with Crippen molar-refractivity contribution in [2.75, 3.05) is 11.9 Å². The molecule has 0 atom stereocenters. The minimum absolute atomic E-state index is 0.0171. The maximum atomic E-state index is 11.0. The van der Waals surface area contributed by atoms with Gasteiger partial charge in [-0.1, -0.05) is 12.1 Å². The number of anilines is 1. The quantitative estimate of drug-likeness (QED) is 0.558. The van der Waals surface area contributed by atoms with E-state index in [9.17, 15) is 10.1 Å². The fraction of sp³-hybridized carbons (Fsp3) is 0.250. The van der Waals surface area contributed by atoms with E-state index in [1.165, 1.54) is 12.3 Å². The Kier molecular flexibility index (Phi) is 4.18. The summed E-state index contributed by atoms with van der Waals surface area (Å²) in [6.07, 6.45) is 2.20. The van der Waals surface area contributed by atoms with Crippen LogP contribution < -0.4 is 5.32 Å². The van der Waals surface area contributed by atoms with Crippen molar-refractivity contribution in [1.29, 1.82) is 0 Å². The maximum Gasteiger partial charge on any atom is 0.311 e. The second kappa shape index (κ2) is 6.43. The van der Waals surface area contributed by atoms with Crippen LogP contribution in [0.4, 0.5) is 11.5 Å². The third kappa shape index (κ3) is 2.98. The highest BCUT2D eigenvalue weighted by Gasteiger charge is 2.14. The van der Waals surface area contributed by atoms with Gasteiger partial charge in [0.25, 0.3) is 0 Å². The first-order chi connectivity index (χ1) is 11.2. The third-order valence-electron chi connectivity index (χ3n) is 3.67. The zero-order valence-electron chi connectivity index (χ0n) is 12.8. The van der Waals surface area contributed by atoms with Crippen molar-refractivity contribution in [3.05, 3.63) is 58.5 Å². The van der Waals surface area contributed by atoms with Crippen LogP contribution in [-0.4, -0.2) is 26.0 Å². The molecule has 7 nitrogen and oxygen atoms in total. The minimum atomic E-state index is -0.434. The minimum Gasteiger partial charge on any atom is -0.364 e. The lowest BCUT2D eigenvalue weighted by atomic mass is 10.3. The van der Waals surface area contributed by atoms with Gasteiger partial charge in [0.2, 0.25) is 5.82 Å². The third-order valence-corrected chi connectivity index (χ3v) is 3.67. The Bertz CT molecular complexity index is 843. The number of para-hydroxylation sites is 2. The summed E-state index contributed by atoms with van der Waals surface area (Å²) in [5.41, 5.74) is 2.05. The Hall–Kier alpha value is -2.96. The van der Waals surface area contributed by atoms with Gasteiger partial charge in [-0.2, -0.15) is 0 Å². The van der Waals surface area contributed by atoms with Crippen LogP contribution >= 0.6 is 0 Å². The van der Waals surface area contributed by atoms with Crippen molar-refractivity contribution in [1.82, 2.24) is 14.5 Å². The molecule has 0 aliphatic rings. The lowest BCUT2D eigenvalue weighted by Gasteiger charge is -2.08. The average Bonchev–Trinajstić information content (AvgIpc) is 2.92. The van der Waals surface area contributed by atoms with Crippen molar-refractivity contribution in [3.8, 4) is 0 Å². The summed E-state index contributed by atoms with van der Waals surface area (Å²) in [7, 11) is 0. The van der Waals surface area contributed by atoms with Gasteiger partial charge in [0.1, 0.15) is 5.82 Å². The molecular formula is C16H17N5O2. The van der Waals surface area contributed by atoms with Crippen LogP contribution in [0, 0.1) is 10.1 Å². The predicted molar refractivity (Wildman–Crippen MR) is 88.5 cm³/mol. The van der Waals surface area contributed by atoms with E-state index in [1.807, 2.05) is 24.3 Å². The number of pyridine rings is 1. The highest BCUT2D eigenvalue weighted by molar-refractivity contribution is 5.75. The van der Waals surface area contributed by atoms with Crippen molar-refractivity contribution in [2.45, 2.75) is 19.9 Å². The topological polar surface area (TPSA) is 85.9 Å². The van der Waals surface area contributed by atoms with E-state index in [1.54, 1.807) is 6.07 Å². The molecule has 1 N–H and O–H groups in total. The number of benzene rings is 1. The van der Waals surface area contributed by atoms with Crippen LogP contribution in [0.1, 0.15) is 12.7 Å². The first kappa shape index (κ1) is 15.0. The molecule has 0 aliphatic heterocycles. The molecule has 3 aromatic rings. The van der Waals surface area contributed by atoms with E-state index < -0.39 is 4.92 Å². The molecule has 1 aromatic carbocycles. The molecule has 0 saturated heterocycles. The second-order valence-electron chi connectivity index (χ2n) is 5.07. The molecule has 23 heavy (non-hydrogen) atoms. The molecule has 0 unspecified atom stereocenters. The van der Waals surface area contributed by atoms with Gasteiger partial charge in [0, 0.05) is 31.8 Å². The summed E-state index contributed by atoms with van der Waals surface area (Å²) in [5.74, 6) is 1.25. The molecule has 0 aliphatic carbocycles. The largest absolute Gasteiger partial charge is 0.364 e. The monoisotopic (exact) mass is 311 g/mol. The molecule has 7 heteroatoms.